The number of rotatable bonds is 6. The number of carbonyl (C=O) groups excluding carboxylic acids is 2. The van der Waals surface area contributed by atoms with Crippen LogP contribution in [0.4, 0.5) is 11.4 Å². The Labute approximate surface area is 183 Å². The Morgan fingerprint density at radius 3 is 2.55 bits per heavy atom. The number of carbonyl (C=O) groups is 2. The maximum absolute atomic E-state index is 12.4. The van der Waals surface area contributed by atoms with Gasteiger partial charge in [0.25, 0.3) is 0 Å². The Bertz CT molecular complexity index is 1240. The van der Waals surface area contributed by atoms with Crippen molar-refractivity contribution in [3.8, 4) is 10.6 Å². The number of primary amides is 1. The molecule has 0 unspecified atom stereocenters. The molecule has 2 aromatic carbocycles. The Hall–Kier alpha value is -3.24. The van der Waals surface area contributed by atoms with Gasteiger partial charge in [-0.1, -0.05) is 18.2 Å². The predicted molar refractivity (Wildman–Crippen MR) is 121 cm³/mol. The maximum atomic E-state index is 12.4. The molecule has 1 fully saturated rings. The van der Waals surface area contributed by atoms with E-state index in [9.17, 15) is 18.0 Å². The predicted octanol–water partition coefficient (Wildman–Crippen LogP) is 2.63. The van der Waals surface area contributed by atoms with Gasteiger partial charge in [0, 0.05) is 28.7 Å². The Kier molecular flexibility index (Phi) is 5.75. The molecule has 10 heteroatoms. The molecule has 0 atom stereocenters. The molecule has 2 amide bonds. The van der Waals surface area contributed by atoms with Crippen molar-refractivity contribution in [1.29, 1.82) is 0 Å². The SMILES string of the molecule is NC(=O)c1ccccc1-c1nc(CC(=O)Nc2ccc(N3CCCS3(=O)=O)cc2)cs1. The molecule has 0 spiro atoms. The third kappa shape index (κ3) is 4.59. The average molecular weight is 457 g/mol. The lowest BCUT2D eigenvalue weighted by atomic mass is 10.1. The van der Waals surface area contributed by atoms with Crippen molar-refractivity contribution in [2.45, 2.75) is 12.8 Å². The first-order valence-electron chi connectivity index (χ1n) is 9.57. The summed E-state index contributed by atoms with van der Waals surface area (Å²) < 4.78 is 25.4. The molecular weight excluding hydrogens is 436 g/mol. The van der Waals surface area contributed by atoms with E-state index in [1.54, 1.807) is 53.9 Å². The summed E-state index contributed by atoms with van der Waals surface area (Å²) in [6, 6.07) is 13.7. The summed E-state index contributed by atoms with van der Waals surface area (Å²) in [6.45, 7) is 0.471. The fourth-order valence-corrected chi connectivity index (χ4v) is 5.83. The topological polar surface area (TPSA) is 122 Å². The quantitative estimate of drug-likeness (QED) is 0.590. The highest BCUT2D eigenvalue weighted by Gasteiger charge is 2.28. The lowest BCUT2D eigenvalue weighted by Crippen LogP contribution is -2.25. The zero-order valence-electron chi connectivity index (χ0n) is 16.4. The van der Waals surface area contributed by atoms with E-state index in [0.29, 0.717) is 46.2 Å². The van der Waals surface area contributed by atoms with Gasteiger partial charge in [0.1, 0.15) is 5.01 Å². The highest BCUT2D eigenvalue weighted by molar-refractivity contribution is 7.93. The lowest BCUT2D eigenvalue weighted by Gasteiger charge is -2.17. The van der Waals surface area contributed by atoms with E-state index in [1.807, 2.05) is 0 Å². The highest BCUT2D eigenvalue weighted by Crippen LogP contribution is 2.28. The number of hydrogen-bond acceptors (Lipinski definition) is 6. The Balaban J connectivity index is 1.42. The zero-order chi connectivity index (χ0) is 22.0. The van der Waals surface area contributed by atoms with Crippen LogP contribution in [0.1, 0.15) is 22.5 Å². The first-order chi connectivity index (χ1) is 14.8. The van der Waals surface area contributed by atoms with Crippen LogP contribution in [0.3, 0.4) is 0 Å². The summed E-state index contributed by atoms with van der Waals surface area (Å²) in [5, 5.41) is 5.18. The average Bonchev–Trinajstić information content (AvgIpc) is 3.34. The van der Waals surface area contributed by atoms with Gasteiger partial charge in [0.2, 0.25) is 21.8 Å². The molecule has 1 saturated heterocycles. The van der Waals surface area contributed by atoms with Crippen molar-refractivity contribution in [3.05, 3.63) is 65.2 Å². The minimum atomic E-state index is -3.24. The molecule has 0 bridgehead atoms. The highest BCUT2D eigenvalue weighted by atomic mass is 32.2. The minimum absolute atomic E-state index is 0.0670. The number of amides is 2. The van der Waals surface area contributed by atoms with Crippen LogP contribution in [0.15, 0.2) is 53.9 Å². The number of anilines is 2. The molecule has 3 N–H and O–H groups in total. The number of nitrogens with two attached hydrogens (primary N) is 1. The third-order valence-electron chi connectivity index (χ3n) is 4.85. The first-order valence-corrected chi connectivity index (χ1v) is 12.1. The molecule has 4 rings (SSSR count). The fraction of sp³-hybridized carbons (Fsp3) is 0.190. The third-order valence-corrected chi connectivity index (χ3v) is 7.65. The van der Waals surface area contributed by atoms with Crippen molar-refractivity contribution in [2.75, 3.05) is 21.9 Å². The van der Waals surface area contributed by atoms with Crippen LogP contribution < -0.4 is 15.4 Å². The number of aromatic nitrogens is 1. The first kappa shape index (κ1) is 21.0. The van der Waals surface area contributed by atoms with Crippen molar-refractivity contribution < 1.29 is 18.0 Å². The monoisotopic (exact) mass is 456 g/mol. The minimum Gasteiger partial charge on any atom is -0.366 e. The second-order valence-corrected chi connectivity index (χ2v) is 9.94. The molecule has 0 aliphatic carbocycles. The van der Waals surface area contributed by atoms with Crippen LogP contribution in [0.5, 0.6) is 0 Å². The van der Waals surface area contributed by atoms with Crippen LogP contribution >= 0.6 is 11.3 Å². The summed E-state index contributed by atoms with van der Waals surface area (Å²) in [5.74, 6) is -0.623. The number of nitrogens with one attached hydrogen (secondary N) is 1. The smallest absolute Gasteiger partial charge is 0.249 e. The number of sulfonamides is 1. The standard InChI is InChI=1S/C21H20N4O4S2/c22-20(27)17-4-1-2-5-18(17)21-24-15(13-30-21)12-19(26)23-14-6-8-16(9-7-14)25-10-3-11-31(25,28)29/h1-2,4-9,13H,3,10-12H2,(H2,22,27)(H,23,26). The molecule has 2 heterocycles. The van der Waals surface area contributed by atoms with Crippen LogP contribution in [0, 0.1) is 0 Å². The van der Waals surface area contributed by atoms with Crippen LogP contribution in [-0.4, -0.2) is 37.5 Å². The van der Waals surface area contributed by atoms with Gasteiger partial charge in [-0.2, -0.15) is 0 Å². The second-order valence-electron chi connectivity index (χ2n) is 7.07. The van der Waals surface area contributed by atoms with E-state index in [0.717, 1.165) is 0 Å². The molecule has 160 valence electrons. The summed E-state index contributed by atoms with van der Waals surface area (Å²) in [5.41, 5.74) is 8.19. The number of thiazole rings is 1. The Morgan fingerprint density at radius 2 is 1.87 bits per heavy atom. The molecule has 0 saturated carbocycles. The van der Waals surface area contributed by atoms with Crippen LogP contribution in [-0.2, 0) is 21.2 Å². The van der Waals surface area contributed by atoms with Crippen molar-refractivity contribution in [1.82, 2.24) is 4.98 Å². The van der Waals surface area contributed by atoms with Crippen LogP contribution in [0.2, 0.25) is 0 Å². The summed E-state index contributed by atoms with van der Waals surface area (Å²) in [7, 11) is -3.24. The van der Waals surface area contributed by atoms with E-state index in [2.05, 4.69) is 10.3 Å². The lowest BCUT2D eigenvalue weighted by molar-refractivity contribution is -0.115. The molecule has 1 aliphatic rings. The summed E-state index contributed by atoms with van der Waals surface area (Å²) >= 11 is 1.34. The van der Waals surface area contributed by atoms with Crippen molar-refractivity contribution in [2.24, 2.45) is 5.73 Å². The molecule has 1 aliphatic heterocycles. The normalized spacial score (nSPS) is 15.0. The van der Waals surface area contributed by atoms with E-state index < -0.39 is 15.9 Å². The van der Waals surface area contributed by atoms with Crippen molar-refractivity contribution >= 4 is 44.5 Å². The van der Waals surface area contributed by atoms with Gasteiger partial charge >= 0.3 is 0 Å². The molecule has 1 aromatic heterocycles. The molecule has 31 heavy (non-hydrogen) atoms. The second kappa shape index (κ2) is 8.48. The maximum Gasteiger partial charge on any atom is 0.249 e. The number of hydrogen-bond donors (Lipinski definition) is 2. The number of nitrogens with zero attached hydrogens (tertiary/aromatic N) is 2. The number of benzene rings is 2. The van der Waals surface area contributed by atoms with Gasteiger partial charge in [0.15, 0.2) is 0 Å². The largest absolute Gasteiger partial charge is 0.366 e. The molecule has 8 nitrogen and oxygen atoms in total. The van der Waals surface area contributed by atoms with Gasteiger partial charge in [-0.25, -0.2) is 13.4 Å². The van der Waals surface area contributed by atoms with Gasteiger partial charge in [-0.15, -0.1) is 11.3 Å². The molecular formula is C21H20N4O4S2. The van der Waals surface area contributed by atoms with Gasteiger partial charge in [-0.05, 0) is 36.8 Å². The van der Waals surface area contributed by atoms with Crippen molar-refractivity contribution in [3.63, 3.8) is 0 Å². The summed E-state index contributed by atoms with van der Waals surface area (Å²) in [6.07, 6.45) is 0.678. The van der Waals surface area contributed by atoms with E-state index in [-0.39, 0.29) is 18.1 Å². The zero-order valence-corrected chi connectivity index (χ0v) is 18.1. The van der Waals surface area contributed by atoms with E-state index >= 15 is 0 Å². The molecule has 0 radical (unpaired) electrons. The fourth-order valence-electron chi connectivity index (χ4n) is 3.41. The van der Waals surface area contributed by atoms with Gasteiger partial charge in [0.05, 0.1) is 23.6 Å². The summed E-state index contributed by atoms with van der Waals surface area (Å²) in [4.78, 5) is 28.5. The Morgan fingerprint density at radius 1 is 1.13 bits per heavy atom. The van der Waals surface area contributed by atoms with Gasteiger partial charge in [-0.3, -0.25) is 13.9 Å². The van der Waals surface area contributed by atoms with Crippen LogP contribution in [0.25, 0.3) is 10.6 Å². The van der Waals surface area contributed by atoms with E-state index in [4.69, 9.17) is 5.73 Å². The molecule has 3 aromatic rings. The van der Waals surface area contributed by atoms with E-state index in [1.165, 1.54) is 15.6 Å². The van der Waals surface area contributed by atoms with Gasteiger partial charge < -0.3 is 11.1 Å².